The van der Waals surface area contributed by atoms with Gasteiger partial charge in [0.1, 0.15) is 36.1 Å². The summed E-state index contributed by atoms with van der Waals surface area (Å²) in [5, 5.41) is 43.4. The van der Waals surface area contributed by atoms with Gasteiger partial charge in [-0.05, 0) is 54.4 Å². The summed E-state index contributed by atoms with van der Waals surface area (Å²) in [6, 6.07) is -0.479. The normalized spacial score (nSPS) is 31.1. The minimum absolute atomic E-state index is 0.0126. The molecule has 8 atom stereocenters. The van der Waals surface area contributed by atoms with Crippen molar-refractivity contribution >= 4 is 52.0 Å². The van der Waals surface area contributed by atoms with Crippen molar-refractivity contribution in [1.82, 2.24) is 19.9 Å². The molecule has 0 aromatic carbocycles. The molecule has 5 N–H and O–H groups in total. The highest BCUT2D eigenvalue weighted by atomic mass is 35.5. The quantitative estimate of drug-likeness (QED) is 0.201. The second kappa shape index (κ2) is 14.1. The SMILES string of the molecule is CC1(C)O[C@@H]2[C@H](O1)[C@@H](O)C[C@H]2N.Cc1nc(Cl)c([N+](=O)[O-])c(Cl)n1.Cc1nc(Cl)c([N+](=O)[O-])c(N[C@@H]2C[C@H](O)[C@H]3OC(C)(C)O[C@H]32)n1. The van der Waals surface area contributed by atoms with Crippen LogP contribution in [0.1, 0.15) is 52.2 Å². The lowest BCUT2D eigenvalue weighted by Gasteiger charge is -2.23. The third-order valence-corrected chi connectivity index (χ3v) is 8.26. The van der Waals surface area contributed by atoms with Crippen molar-refractivity contribution in [3.05, 3.63) is 47.3 Å². The molecule has 2 aromatic rings. The molecular weight excluding hydrogens is 691 g/mol. The summed E-state index contributed by atoms with van der Waals surface area (Å²) >= 11 is 16.8. The molecule has 47 heavy (non-hydrogen) atoms. The van der Waals surface area contributed by atoms with E-state index in [1.807, 2.05) is 13.8 Å². The number of anilines is 1. The number of nitro groups is 2. The summed E-state index contributed by atoms with van der Waals surface area (Å²) in [6.07, 6.45) is -1.57. The maximum Gasteiger partial charge on any atom is 0.348 e. The minimum atomic E-state index is -0.818. The van der Waals surface area contributed by atoms with E-state index in [2.05, 4.69) is 25.3 Å². The molecule has 0 amide bonds. The highest BCUT2D eigenvalue weighted by Gasteiger charge is 2.54. The highest BCUT2D eigenvalue weighted by Crippen LogP contribution is 2.41. The van der Waals surface area contributed by atoms with Gasteiger partial charge in [0.15, 0.2) is 11.6 Å². The fraction of sp³-hybridized carbons (Fsp3) is 0.692. The van der Waals surface area contributed by atoms with Crippen molar-refractivity contribution in [2.24, 2.45) is 5.73 Å². The Labute approximate surface area is 283 Å². The molecule has 0 spiro atoms. The number of nitrogens with one attached hydrogen (secondary N) is 1. The molecule has 4 heterocycles. The molecule has 2 saturated heterocycles. The molecule has 0 radical (unpaired) electrons. The van der Waals surface area contributed by atoms with Crippen molar-refractivity contribution in [3.8, 4) is 0 Å². The number of fused-ring (bicyclic) bond motifs is 2. The Kier molecular flexibility index (Phi) is 11.1. The Bertz CT molecular complexity index is 1480. The topological polar surface area (TPSA) is 253 Å². The van der Waals surface area contributed by atoms with Gasteiger partial charge in [0.05, 0.1) is 28.1 Å². The molecule has 2 aliphatic carbocycles. The molecule has 0 unspecified atom stereocenters. The first kappa shape index (κ1) is 37.2. The molecule has 18 nitrogen and oxygen atoms in total. The number of hydrogen-bond acceptors (Lipinski definition) is 16. The Hall–Kier alpha value is -2.65. The fourth-order valence-electron chi connectivity index (χ4n) is 5.71. The van der Waals surface area contributed by atoms with E-state index >= 15 is 0 Å². The van der Waals surface area contributed by atoms with Gasteiger partial charge in [-0.3, -0.25) is 20.2 Å². The van der Waals surface area contributed by atoms with Gasteiger partial charge in [-0.25, -0.2) is 19.9 Å². The summed E-state index contributed by atoms with van der Waals surface area (Å²) in [6.45, 7) is 10.3. The number of nitrogens with zero attached hydrogens (tertiary/aromatic N) is 6. The largest absolute Gasteiger partial charge is 0.390 e. The average molecular weight is 726 g/mol. The van der Waals surface area contributed by atoms with Crippen LogP contribution in [-0.2, 0) is 18.9 Å². The summed E-state index contributed by atoms with van der Waals surface area (Å²) in [5.41, 5.74) is 4.92. The van der Waals surface area contributed by atoms with Crippen LogP contribution in [-0.4, -0.2) is 100 Å². The Morgan fingerprint density at radius 3 is 1.64 bits per heavy atom. The van der Waals surface area contributed by atoms with Gasteiger partial charge in [0, 0.05) is 6.04 Å². The third-order valence-electron chi connectivity index (χ3n) is 7.46. The van der Waals surface area contributed by atoms with Gasteiger partial charge in [-0.15, -0.1) is 0 Å². The Balaban J connectivity index is 0.000000176. The number of nitrogens with two attached hydrogens (primary N) is 1. The number of halogens is 3. The standard InChI is InChI=1S/C13H17ClN4O5.C8H15NO3.C5H3Cl2N3O2/c1-5-15-11(14)8(18(20)21)12(16-5)17-6-4-7(19)10-9(6)22-13(2,3)23-10;1-8(2)11-6-4(9)3-5(10)7(6)12-8;1-2-8-4(6)3(10(11)12)5(7)9-2/h6-7,9-10,19H,4H2,1-3H3,(H,15,16,17);4-7,10H,3,9H2,1-2H3;1H3/t6-,7+,9+,10-;4-,5+,6+,7-;/m11./s1. The van der Waals surface area contributed by atoms with Crippen LogP contribution in [0.4, 0.5) is 17.2 Å². The Morgan fingerprint density at radius 2 is 1.15 bits per heavy atom. The maximum atomic E-state index is 11.2. The van der Waals surface area contributed by atoms with Crippen molar-refractivity contribution in [1.29, 1.82) is 0 Å². The number of aromatic nitrogens is 4. The van der Waals surface area contributed by atoms with Crippen LogP contribution in [0.15, 0.2) is 0 Å². The van der Waals surface area contributed by atoms with Gasteiger partial charge in [-0.2, -0.15) is 0 Å². The smallest absolute Gasteiger partial charge is 0.348 e. The monoisotopic (exact) mass is 724 g/mol. The van der Waals surface area contributed by atoms with Crippen molar-refractivity contribution in [2.75, 3.05) is 5.32 Å². The van der Waals surface area contributed by atoms with Crippen LogP contribution in [0.25, 0.3) is 0 Å². The second-order valence-electron chi connectivity index (χ2n) is 12.1. The van der Waals surface area contributed by atoms with E-state index in [9.17, 15) is 30.4 Å². The zero-order valence-corrected chi connectivity index (χ0v) is 28.4. The lowest BCUT2D eigenvalue weighted by atomic mass is 10.2. The maximum absolute atomic E-state index is 11.2. The minimum Gasteiger partial charge on any atom is -0.390 e. The van der Waals surface area contributed by atoms with E-state index in [-0.39, 0.29) is 45.6 Å². The van der Waals surface area contributed by atoms with Crippen molar-refractivity contribution in [2.45, 2.75) is 115 Å². The van der Waals surface area contributed by atoms with Crippen LogP contribution >= 0.6 is 34.8 Å². The van der Waals surface area contributed by atoms with Crippen molar-refractivity contribution < 1.29 is 39.0 Å². The second-order valence-corrected chi connectivity index (χ2v) is 13.2. The molecular formula is C26H35Cl3N8O10. The Morgan fingerprint density at radius 1 is 0.745 bits per heavy atom. The molecule has 21 heteroatoms. The van der Waals surface area contributed by atoms with Crippen LogP contribution in [0, 0.1) is 34.1 Å². The zero-order valence-electron chi connectivity index (χ0n) is 26.1. The third kappa shape index (κ3) is 8.51. The van der Waals surface area contributed by atoms with Gasteiger partial charge < -0.3 is 40.2 Å². The van der Waals surface area contributed by atoms with Gasteiger partial charge >= 0.3 is 11.4 Å². The van der Waals surface area contributed by atoms with E-state index in [0.717, 1.165) is 0 Å². The van der Waals surface area contributed by atoms with E-state index in [1.165, 1.54) is 0 Å². The average Bonchev–Trinajstić information content (AvgIpc) is 3.57. The van der Waals surface area contributed by atoms with E-state index < -0.39 is 57.2 Å². The molecule has 2 aliphatic heterocycles. The predicted octanol–water partition coefficient (Wildman–Crippen LogP) is 3.01. The number of rotatable bonds is 4. The lowest BCUT2D eigenvalue weighted by molar-refractivity contribution is -0.385. The highest BCUT2D eigenvalue weighted by molar-refractivity contribution is 6.36. The number of aliphatic hydroxyl groups excluding tert-OH is 2. The first-order chi connectivity index (χ1) is 21.7. The molecule has 4 aliphatic rings. The molecule has 260 valence electrons. The lowest BCUT2D eigenvalue weighted by Crippen LogP contribution is -2.35. The van der Waals surface area contributed by atoms with Gasteiger partial charge in [0.25, 0.3) is 0 Å². The van der Waals surface area contributed by atoms with Crippen molar-refractivity contribution in [3.63, 3.8) is 0 Å². The number of ether oxygens (including phenoxy) is 4. The summed E-state index contributed by atoms with van der Waals surface area (Å²) in [7, 11) is 0. The summed E-state index contributed by atoms with van der Waals surface area (Å²) in [5.74, 6) is -0.785. The van der Waals surface area contributed by atoms with E-state index in [4.69, 9.17) is 59.5 Å². The molecule has 2 aromatic heterocycles. The fourth-order valence-corrected chi connectivity index (χ4v) is 6.60. The first-order valence-corrected chi connectivity index (χ1v) is 15.4. The van der Waals surface area contributed by atoms with Gasteiger partial charge in [0.2, 0.25) is 21.3 Å². The number of aryl methyl sites for hydroxylation is 2. The summed E-state index contributed by atoms with van der Waals surface area (Å²) < 4.78 is 22.5. The molecule has 4 fully saturated rings. The van der Waals surface area contributed by atoms with E-state index in [1.54, 1.807) is 27.7 Å². The molecule has 6 rings (SSSR count). The molecule has 0 bridgehead atoms. The van der Waals surface area contributed by atoms with Crippen LogP contribution in [0.2, 0.25) is 15.5 Å². The first-order valence-electron chi connectivity index (χ1n) is 14.3. The summed E-state index contributed by atoms with van der Waals surface area (Å²) in [4.78, 5) is 35.2. The van der Waals surface area contributed by atoms with E-state index in [0.29, 0.717) is 24.5 Å². The number of aliphatic hydroxyl groups is 2. The zero-order chi connectivity index (χ0) is 35.2. The number of hydrogen-bond donors (Lipinski definition) is 4. The van der Waals surface area contributed by atoms with Gasteiger partial charge in [-0.1, -0.05) is 34.8 Å². The molecule has 2 saturated carbocycles. The van der Waals surface area contributed by atoms with Crippen LogP contribution in [0.5, 0.6) is 0 Å². The predicted molar refractivity (Wildman–Crippen MR) is 166 cm³/mol. The van der Waals surface area contributed by atoms with Crippen LogP contribution < -0.4 is 11.1 Å². The van der Waals surface area contributed by atoms with Crippen LogP contribution in [0.3, 0.4) is 0 Å².